The lowest BCUT2D eigenvalue weighted by Crippen LogP contribution is -2.46. The van der Waals surface area contributed by atoms with Gasteiger partial charge in [-0.2, -0.15) is 0 Å². The number of amides is 3. The lowest BCUT2D eigenvalue weighted by molar-refractivity contribution is -0.121. The molecule has 0 spiro atoms. The Labute approximate surface area is 133 Å². The number of hydrogen-bond acceptors (Lipinski definition) is 4. The van der Waals surface area contributed by atoms with Crippen LogP contribution in [-0.4, -0.2) is 56.1 Å². The van der Waals surface area contributed by atoms with Crippen LogP contribution in [0.1, 0.15) is 33.1 Å². The van der Waals surface area contributed by atoms with Gasteiger partial charge in [-0.3, -0.25) is 15.0 Å². The maximum Gasteiger partial charge on any atom is 0.321 e. The average Bonchev–Trinajstić information content (AvgIpc) is 2.44. The summed E-state index contributed by atoms with van der Waals surface area (Å²) in [6.45, 7) is 8.93. The van der Waals surface area contributed by atoms with E-state index in [2.05, 4.69) is 27.8 Å². The van der Waals surface area contributed by atoms with Gasteiger partial charge in [-0.05, 0) is 51.4 Å². The zero-order valence-corrected chi connectivity index (χ0v) is 13.9. The van der Waals surface area contributed by atoms with E-state index in [9.17, 15) is 9.59 Å². The van der Waals surface area contributed by atoms with Crippen molar-refractivity contribution in [1.29, 1.82) is 0 Å². The van der Waals surface area contributed by atoms with Crippen molar-refractivity contribution in [3.8, 4) is 0 Å². The van der Waals surface area contributed by atoms with Crippen molar-refractivity contribution < 1.29 is 9.59 Å². The molecule has 21 heavy (non-hydrogen) atoms. The molecule has 1 heterocycles. The fourth-order valence-electron chi connectivity index (χ4n) is 2.35. The summed E-state index contributed by atoms with van der Waals surface area (Å²) in [6, 6.07) is -0.390. The Morgan fingerprint density at radius 3 is 2.43 bits per heavy atom. The predicted molar refractivity (Wildman–Crippen MR) is 86.8 cm³/mol. The van der Waals surface area contributed by atoms with Crippen LogP contribution < -0.4 is 16.0 Å². The van der Waals surface area contributed by atoms with E-state index in [1.807, 2.05) is 6.92 Å². The summed E-state index contributed by atoms with van der Waals surface area (Å²) in [7, 11) is 0. The van der Waals surface area contributed by atoms with E-state index in [1.165, 1.54) is 0 Å². The molecule has 0 unspecified atom stereocenters. The van der Waals surface area contributed by atoms with Crippen LogP contribution in [0.3, 0.4) is 0 Å². The molecule has 3 amide bonds. The average molecular weight is 321 g/mol. The van der Waals surface area contributed by atoms with Crippen molar-refractivity contribution in [2.45, 2.75) is 33.1 Å². The van der Waals surface area contributed by atoms with E-state index in [0.29, 0.717) is 19.0 Å². The van der Waals surface area contributed by atoms with E-state index in [-0.39, 0.29) is 24.3 Å². The first kappa shape index (κ1) is 20.1. The number of nitrogens with one attached hydrogen (secondary N) is 3. The van der Waals surface area contributed by atoms with Crippen molar-refractivity contribution in [2.24, 2.45) is 5.92 Å². The molecule has 0 aromatic rings. The number of halogens is 1. The number of imide groups is 1. The molecular formula is C14H29ClN4O2. The zero-order valence-electron chi connectivity index (χ0n) is 13.1. The maximum atomic E-state index is 11.7. The Balaban J connectivity index is 0.00000400. The Kier molecular flexibility index (Phi) is 11.3. The Morgan fingerprint density at radius 2 is 1.86 bits per heavy atom. The second-order valence-electron chi connectivity index (χ2n) is 5.33. The number of carbonyl (C=O) groups excluding carboxylic acids is 2. The lowest BCUT2D eigenvalue weighted by Gasteiger charge is -2.31. The molecule has 0 aromatic heterocycles. The molecule has 124 valence electrons. The van der Waals surface area contributed by atoms with Gasteiger partial charge in [-0.1, -0.05) is 13.8 Å². The number of rotatable bonds is 7. The standard InChI is InChI=1S/C14H28N4O2.ClH/c1-3-7-16-14(20)17-13(19)11-18-8-5-12(6-9-18)10-15-4-2;/h12,15H,3-11H2,1-2H3,(H2,16,17,19,20);1H. The minimum Gasteiger partial charge on any atom is -0.338 e. The van der Waals surface area contributed by atoms with Gasteiger partial charge in [0.15, 0.2) is 0 Å². The number of nitrogens with zero attached hydrogens (tertiary/aromatic N) is 1. The molecule has 1 aliphatic rings. The van der Waals surface area contributed by atoms with Crippen LogP contribution >= 0.6 is 12.4 Å². The van der Waals surface area contributed by atoms with Crippen LogP contribution in [0.15, 0.2) is 0 Å². The molecule has 0 atom stereocenters. The molecule has 0 aromatic carbocycles. The Morgan fingerprint density at radius 1 is 1.19 bits per heavy atom. The third-order valence-electron chi connectivity index (χ3n) is 3.55. The van der Waals surface area contributed by atoms with Crippen molar-refractivity contribution in [3.63, 3.8) is 0 Å². The molecule has 6 nitrogen and oxygen atoms in total. The minimum absolute atomic E-state index is 0. The second kappa shape index (κ2) is 11.8. The summed E-state index contributed by atoms with van der Waals surface area (Å²) in [5.74, 6) is 0.492. The summed E-state index contributed by atoms with van der Waals surface area (Å²) in [5, 5.41) is 8.37. The molecule has 0 bridgehead atoms. The second-order valence-corrected chi connectivity index (χ2v) is 5.33. The molecule has 1 fully saturated rings. The SMILES string of the molecule is CCCNC(=O)NC(=O)CN1CCC(CNCC)CC1.Cl. The number of urea groups is 1. The van der Waals surface area contributed by atoms with E-state index < -0.39 is 0 Å². The predicted octanol–water partition coefficient (Wildman–Crippen LogP) is 0.965. The van der Waals surface area contributed by atoms with Crippen LogP contribution in [-0.2, 0) is 4.79 Å². The van der Waals surface area contributed by atoms with E-state index in [0.717, 1.165) is 45.4 Å². The molecule has 0 radical (unpaired) electrons. The van der Waals surface area contributed by atoms with Gasteiger partial charge in [-0.15, -0.1) is 12.4 Å². The highest BCUT2D eigenvalue weighted by molar-refractivity contribution is 5.95. The zero-order chi connectivity index (χ0) is 14.8. The molecule has 1 rings (SSSR count). The molecule has 1 saturated heterocycles. The number of hydrogen-bond donors (Lipinski definition) is 3. The Hall–Kier alpha value is -0.850. The van der Waals surface area contributed by atoms with E-state index >= 15 is 0 Å². The van der Waals surface area contributed by atoms with Gasteiger partial charge in [0.05, 0.1) is 6.54 Å². The van der Waals surface area contributed by atoms with Crippen molar-refractivity contribution in [3.05, 3.63) is 0 Å². The first-order chi connectivity index (χ1) is 9.65. The van der Waals surface area contributed by atoms with Crippen LogP contribution in [0, 0.1) is 5.92 Å². The normalized spacial score (nSPS) is 16.1. The van der Waals surface area contributed by atoms with Crippen molar-refractivity contribution in [2.75, 3.05) is 39.3 Å². The molecule has 1 aliphatic heterocycles. The summed E-state index contributed by atoms with van der Waals surface area (Å²) in [5.41, 5.74) is 0. The highest BCUT2D eigenvalue weighted by Crippen LogP contribution is 2.15. The highest BCUT2D eigenvalue weighted by Gasteiger charge is 2.20. The number of piperidine rings is 1. The van der Waals surface area contributed by atoms with Crippen molar-refractivity contribution in [1.82, 2.24) is 20.9 Å². The van der Waals surface area contributed by atoms with Gasteiger partial charge < -0.3 is 10.6 Å². The van der Waals surface area contributed by atoms with E-state index in [1.54, 1.807) is 0 Å². The van der Waals surface area contributed by atoms with Crippen molar-refractivity contribution >= 4 is 24.3 Å². The van der Waals surface area contributed by atoms with Gasteiger partial charge >= 0.3 is 6.03 Å². The van der Waals surface area contributed by atoms with Gasteiger partial charge in [0.2, 0.25) is 5.91 Å². The maximum absolute atomic E-state index is 11.7. The van der Waals surface area contributed by atoms with Gasteiger partial charge in [0.1, 0.15) is 0 Å². The van der Waals surface area contributed by atoms with Crippen LogP contribution in [0.25, 0.3) is 0 Å². The molecule has 7 heteroatoms. The fraction of sp³-hybridized carbons (Fsp3) is 0.857. The number of likely N-dealkylation sites (tertiary alicyclic amines) is 1. The van der Waals surface area contributed by atoms with Crippen LogP contribution in [0.4, 0.5) is 4.79 Å². The number of carbonyl (C=O) groups is 2. The molecule has 0 saturated carbocycles. The molecule has 0 aliphatic carbocycles. The summed E-state index contributed by atoms with van der Waals surface area (Å²) >= 11 is 0. The minimum atomic E-state index is -0.390. The Bertz CT molecular complexity index is 307. The summed E-state index contributed by atoms with van der Waals surface area (Å²) in [6.07, 6.45) is 3.09. The smallest absolute Gasteiger partial charge is 0.321 e. The molecular weight excluding hydrogens is 292 g/mol. The largest absolute Gasteiger partial charge is 0.338 e. The van der Waals surface area contributed by atoms with Gasteiger partial charge in [0.25, 0.3) is 0 Å². The lowest BCUT2D eigenvalue weighted by atomic mass is 9.97. The topological polar surface area (TPSA) is 73.5 Å². The quantitative estimate of drug-likeness (QED) is 0.653. The fourth-order valence-corrected chi connectivity index (χ4v) is 2.35. The monoisotopic (exact) mass is 320 g/mol. The first-order valence-corrected chi connectivity index (χ1v) is 7.66. The summed E-state index contributed by atoms with van der Waals surface area (Å²) in [4.78, 5) is 25.2. The summed E-state index contributed by atoms with van der Waals surface area (Å²) < 4.78 is 0. The van der Waals surface area contributed by atoms with Gasteiger partial charge in [0, 0.05) is 6.54 Å². The highest BCUT2D eigenvalue weighted by atomic mass is 35.5. The van der Waals surface area contributed by atoms with Gasteiger partial charge in [-0.25, -0.2) is 4.79 Å². The molecule has 3 N–H and O–H groups in total. The third-order valence-corrected chi connectivity index (χ3v) is 3.55. The van der Waals surface area contributed by atoms with Crippen LogP contribution in [0.2, 0.25) is 0 Å². The van der Waals surface area contributed by atoms with Crippen LogP contribution in [0.5, 0.6) is 0 Å². The third kappa shape index (κ3) is 8.90. The first-order valence-electron chi connectivity index (χ1n) is 7.66. The van der Waals surface area contributed by atoms with E-state index in [4.69, 9.17) is 0 Å².